The van der Waals surface area contributed by atoms with Gasteiger partial charge in [-0.05, 0) is 29.8 Å². The quantitative estimate of drug-likeness (QED) is 0.828. The van der Waals surface area contributed by atoms with E-state index in [2.05, 4.69) is 51.1 Å². The number of hydrogen-bond acceptors (Lipinski definition) is 3. The summed E-state index contributed by atoms with van der Waals surface area (Å²) in [5.74, 6) is 0.826. The SMILES string of the molecule is CC(C)=CCNc1ncncc1Br. The molecule has 0 saturated heterocycles. The molecule has 0 fully saturated rings. The highest BCUT2D eigenvalue weighted by molar-refractivity contribution is 9.10. The van der Waals surface area contributed by atoms with E-state index in [1.165, 1.54) is 11.9 Å². The van der Waals surface area contributed by atoms with Gasteiger partial charge in [-0.2, -0.15) is 0 Å². The minimum atomic E-state index is 0.790. The highest BCUT2D eigenvalue weighted by atomic mass is 79.9. The summed E-state index contributed by atoms with van der Waals surface area (Å²) in [7, 11) is 0. The fourth-order valence-electron chi connectivity index (χ4n) is 0.795. The van der Waals surface area contributed by atoms with Crippen LogP contribution in [0.1, 0.15) is 13.8 Å². The van der Waals surface area contributed by atoms with E-state index in [0.29, 0.717) is 0 Å². The van der Waals surface area contributed by atoms with Crippen LogP contribution in [-0.2, 0) is 0 Å². The zero-order chi connectivity index (χ0) is 9.68. The number of nitrogens with one attached hydrogen (secondary N) is 1. The second kappa shape index (κ2) is 4.97. The summed E-state index contributed by atoms with van der Waals surface area (Å²) < 4.78 is 0.886. The molecule has 70 valence electrons. The second-order valence-corrected chi connectivity index (χ2v) is 3.74. The van der Waals surface area contributed by atoms with Crippen molar-refractivity contribution in [2.24, 2.45) is 0 Å². The third-order valence-corrected chi connectivity index (χ3v) is 2.03. The van der Waals surface area contributed by atoms with Gasteiger partial charge < -0.3 is 5.32 Å². The molecular formula is C9H12BrN3. The van der Waals surface area contributed by atoms with E-state index < -0.39 is 0 Å². The van der Waals surface area contributed by atoms with Crippen LogP contribution in [0.2, 0.25) is 0 Å². The summed E-state index contributed by atoms with van der Waals surface area (Å²) in [5, 5.41) is 3.17. The van der Waals surface area contributed by atoms with Crippen LogP contribution in [-0.4, -0.2) is 16.5 Å². The van der Waals surface area contributed by atoms with Crippen molar-refractivity contribution in [3.8, 4) is 0 Å². The van der Waals surface area contributed by atoms with Crippen LogP contribution >= 0.6 is 15.9 Å². The van der Waals surface area contributed by atoms with Gasteiger partial charge in [0.2, 0.25) is 0 Å². The first-order valence-electron chi connectivity index (χ1n) is 4.03. The predicted octanol–water partition coefficient (Wildman–Crippen LogP) is 2.62. The van der Waals surface area contributed by atoms with Crippen LogP contribution in [0.4, 0.5) is 5.82 Å². The molecular weight excluding hydrogens is 230 g/mol. The van der Waals surface area contributed by atoms with Crippen molar-refractivity contribution in [3.63, 3.8) is 0 Å². The minimum absolute atomic E-state index is 0.790. The Balaban J connectivity index is 2.55. The summed E-state index contributed by atoms with van der Waals surface area (Å²) in [6.45, 7) is 4.92. The third-order valence-electron chi connectivity index (χ3n) is 1.45. The van der Waals surface area contributed by atoms with Crippen LogP contribution in [0, 0.1) is 0 Å². The molecule has 3 nitrogen and oxygen atoms in total. The van der Waals surface area contributed by atoms with Gasteiger partial charge >= 0.3 is 0 Å². The summed E-state index contributed by atoms with van der Waals surface area (Å²) in [4.78, 5) is 7.95. The molecule has 1 aromatic rings. The van der Waals surface area contributed by atoms with Crippen LogP contribution in [0.5, 0.6) is 0 Å². The zero-order valence-corrected chi connectivity index (χ0v) is 9.30. The average Bonchev–Trinajstić information content (AvgIpc) is 2.08. The lowest BCUT2D eigenvalue weighted by molar-refractivity contribution is 1.12. The van der Waals surface area contributed by atoms with E-state index in [1.807, 2.05) is 0 Å². The molecule has 1 heterocycles. The van der Waals surface area contributed by atoms with Gasteiger partial charge in [0.05, 0.1) is 4.47 Å². The lowest BCUT2D eigenvalue weighted by atomic mass is 10.3. The summed E-state index contributed by atoms with van der Waals surface area (Å²) >= 11 is 3.36. The molecule has 0 unspecified atom stereocenters. The molecule has 0 radical (unpaired) electrons. The Bertz CT molecular complexity index is 305. The normalized spacial score (nSPS) is 9.46. The largest absolute Gasteiger partial charge is 0.366 e. The molecule has 0 aliphatic carbocycles. The maximum Gasteiger partial charge on any atom is 0.143 e. The summed E-state index contributed by atoms with van der Waals surface area (Å²) in [6, 6.07) is 0. The third kappa shape index (κ3) is 3.55. The monoisotopic (exact) mass is 241 g/mol. The summed E-state index contributed by atoms with van der Waals surface area (Å²) in [5.41, 5.74) is 1.29. The molecule has 4 heteroatoms. The topological polar surface area (TPSA) is 37.8 Å². The molecule has 1 aromatic heterocycles. The zero-order valence-electron chi connectivity index (χ0n) is 7.71. The predicted molar refractivity (Wildman–Crippen MR) is 57.7 cm³/mol. The van der Waals surface area contributed by atoms with Crippen molar-refractivity contribution in [1.29, 1.82) is 0 Å². The first-order chi connectivity index (χ1) is 6.20. The van der Waals surface area contributed by atoms with E-state index in [0.717, 1.165) is 16.8 Å². The van der Waals surface area contributed by atoms with Gasteiger partial charge in [-0.1, -0.05) is 11.6 Å². The maximum absolute atomic E-state index is 4.08. The van der Waals surface area contributed by atoms with E-state index in [-0.39, 0.29) is 0 Å². The van der Waals surface area contributed by atoms with E-state index in [1.54, 1.807) is 6.20 Å². The van der Waals surface area contributed by atoms with Gasteiger partial charge in [-0.15, -0.1) is 0 Å². The van der Waals surface area contributed by atoms with Crippen LogP contribution in [0.25, 0.3) is 0 Å². The number of hydrogen-bond donors (Lipinski definition) is 1. The Kier molecular flexibility index (Phi) is 3.89. The lowest BCUT2D eigenvalue weighted by Crippen LogP contribution is -2.01. The molecule has 0 spiro atoms. The highest BCUT2D eigenvalue weighted by Crippen LogP contribution is 2.16. The van der Waals surface area contributed by atoms with E-state index in [9.17, 15) is 0 Å². The van der Waals surface area contributed by atoms with E-state index >= 15 is 0 Å². The fourth-order valence-corrected chi connectivity index (χ4v) is 1.16. The van der Waals surface area contributed by atoms with Crippen LogP contribution in [0.15, 0.2) is 28.6 Å². The molecule has 0 saturated carbocycles. The Morgan fingerprint density at radius 2 is 2.38 bits per heavy atom. The Hall–Kier alpha value is -0.900. The van der Waals surface area contributed by atoms with Gasteiger partial charge in [0, 0.05) is 12.7 Å². The van der Waals surface area contributed by atoms with Crippen molar-refractivity contribution < 1.29 is 0 Å². The molecule has 0 aromatic carbocycles. The van der Waals surface area contributed by atoms with Crippen LogP contribution < -0.4 is 5.32 Å². The number of halogens is 1. The molecule has 13 heavy (non-hydrogen) atoms. The second-order valence-electron chi connectivity index (χ2n) is 2.88. The first kappa shape index (κ1) is 10.2. The van der Waals surface area contributed by atoms with Crippen molar-refractivity contribution in [1.82, 2.24) is 9.97 Å². The number of allylic oxidation sites excluding steroid dienone is 1. The fraction of sp³-hybridized carbons (Fsp3) is 0.333. The number of aromatic nitrogens is 2. The van der Waals surface area contributed by atoms with E-state index in [4.69, 9.17) is 0 Å². The highest BCUT2D eigenvalue weighted by Gasteiger charge is 1.96. The Labute approximate surface area is 86.4 Å². The number of nitrogens with zero attached hydrogens (tertiary/aromatic N) is 2. The summed E-state index contributed by atoms with van der Waals surface area (Å²) in [6.07, 6.45) is 5.35. The van der Waals surface area contributed by atoms with Gasteiger partial charge in [0.1, 0.15) is 12.1 Å². The molecule has 0 aliphatic rings. The van der Waals surface area contributed by atoms with Crippen molar-refractivity contribution in [2.75, 3.05) is 11.9 Å². The molecule has 0 aliphatic heterocycles. The standard InChI is InChI=1S/C9H12BrN3/c1-7(2)3-4-12-9-8(10)5-11-6-13-9/h3,5-6H,4H2,1-2H3,(H,11,12,13). The number of anilines is 1. The van der Waals surface area contributed by atoms with Crippen molar-refractivity contribution in [3.05, 3.63) is 28.6 Å². The molecule has 0 bridgehead atoms. The minimum Gasteiger partial charge on any atom is -0.366 e. The molecule has 1 rings (SSSR count). The van der Waals surface area contributed by atoms with Gasteiger partial charge in [-0.25, -0.2) is 9.97 Å². The van der Waals surface area contributed by atoms with Crippen molar-refractivity contribution >= 4 is 21.7 Å². The molecule has 0 amide bonds. The van der Waals surface area contributed by atoms with Crippen LogP contribution in [0.3, 0.4) is 0 Å². The molecule has 0 atom stereocenters. The Morgan fingerprint density at radius 3 is 3.00 bits per heavy atom. The smallest absolute Gasteiger partial charge is 0.143 e. The maximum atomic E-state index is 4.08. The van der Waals surface area contributed by atoms with Gasteiger partial charge in [-0.3, -0.25) is 0 Å². The first-order valence-corrected chi connectivity index (χ1v) is 4.82. The van der Waals surface area contributed by atoms with Gasteiger partial charge in [0.15, 0.2) is 0 Å². The Morgan fingerprint density at radius 1 is 1.62 bits per heavy atom. The van der Waals surface area contributed by atoms with Crippen molar-refractivity contribution in [2.45, 2.75) is 13.8 Å². The lowest BCUT2D eigenvalue weighted by Gasteiger charge is -2.03. The van der Waals surface area contributed by atoms with Gasteiger partial charge in [0.25, 0.3) is 0 Å². The molecule has 1 N–H and O–H groups in total. The average molecular weight is 242 g/mol. The number of rotatable bonds is 3.